The molecule has 4 heterocycles. The summed E-state index contributed by atoms with van der Waals surface area (Å²) < 4.78 is 41.8. The number of ether oxygens (including phenoxy) is 6. The Hall–Kier alpha value is -6.62. The summed E-state index contributed by atoms with van der Waals surface area (Å²) in [6, 6.07) is 24.9. The summed E-state index contributed by atoms with van der Waals surface area (Å²) in [6.07, 6.45) is 1.86. The molecular weight excluding hydrogens is 1120 g/mol. The maximum Gasteiger partial charge on any atom is 0.410 e. The van der Waals surface area contributed by atoms with E-state index in [2.05, 4.69) is 53.4 Å². The Morgan fingerprint density at radius 2 is 0.739 bits per heavy atom. The lowest BCUT2D eigenvalue weighted by molar-refractivity contribution is -0.163. The summed E-state index contributed by atoms with van der Waals surface area (Å²) >= 11 is 0. The number of carbonyl (C=O) groups excluding carboxylic acids is 6. The normalized spacial score (nSPS) is 18.9. The molecule has 3 aliphatic heterocycles. The third-order valence-corrected chi connectivity index (χ3v) is 15.6. The molecule has 3 fully saturated rings. The molecule has 0 aliphatic carbocycles. The molecule has 0 N–H and O–H groups in total. The minimum Gasteiger partial charge on any atom is -0.461 e. The Morgan fingerprint density at radius 1 is 0.420 bits per heavy atom. The van der Waals surface area contributed by atoms with Crippen LogP contribution in [-0.4, -0.2) is 129 Å². The largest absolute Gasteiger partial charge is 0.461 e. The predicted octanol–water partition coefficient (Wildman–Crippen LogP) is 13.9. The van der Waals surface area contributed by atoms with Crippen LogP contribution in [-0.2, 0) is 81.7 Å². The Balaban J connectivity index is 1.18. The molecule has 3 amide bonds. The number of nitrogens with zero attached hydrogens (tertiary/aromatic N) is 4. The van der Waals surface area contributed by atoms with E-state index in [1.165, 1.54) is 0 Å². The van der Waals surface area contributed by atoms with E-state index in [0.717, 1.165) is 33.2 Å². The molecule has 0 unspecified atom stereocenters. The lowest BCUT2D eigenvalue weighted by Gasteiger charge is -2.28. The van der Waals surface area contributed by atoms with E-state index in [1.807, 2.05) is 149 Å². The van der Waals surface area contributed by atoms with Crippen LogP contribution in [0.3, 0.4) is 0 Å². The first-order valence-corrected chi connectivity index (χ1v) is 31.7. The van der Waals surface area contributed by atoms with Gasteiger partial charge in [-0.1, -0.05) is 54.6 Å². The number of fused-ring (bicyclic) bond motifs is 1. The molecule has 17 heteroatoms. The smallest absolute Gasteiger partial charge is 0.410 e. The van der Waals surface area contributed by atoms with Crippen molar-refractivity contribution in [3.8, 4) is 0 Å². The van der Waals surface area contributed by atoms with Gasteiger partial charge in [0, 0.05) is 70.7 Å². The number of esters is 3. The molecule has 3 aliphatic rings. The zero-order valence-corrected chi connectivity index (χ0v) is 56.1. The highest BCUT2D eigenvalue weighted by Crippen LogP contribution is 2.36. The first-order valence-electron chi connectivity index (χ1n) is 31.7. The number of furan rings is 1. The maximum absolute atomic E-state index is 14.2. The van der Waals surface area contributed by atoms with Crippen molar-refractivity contribution in [2.75, 3.05) is 39.3 Å². The summed E-state index contributed by atoms with van der Waals surface area (Å²) in [4.78, 5) is 89.5. The first-order chi connectivity index (χ1) is 40.7. The minimum atomic E-state index is -0.716. The van der Waals surface area contributed by atoms with E-state index < -0.39 is 57.5 Å². The van der Waals surface area contributed by atoms with E-state index in [4.69, 9.17) is 32.8 Å². The second-order valence-corrected chi connectivity index (χ2v) is 30.8. The van der Waals surface area contributed by atoms with Crippen LogP contribution >= 0.6 is 0 Å². The molecule has 0 radical (unpaired) electrons. The maximum atomic E-state index is 14.2. The monoisotopic (exact) mass is 1220 g/mol. The topological polar surface area (TPSA) is 184 Å². The number of hydrogen-bond donors (Lipinski definition) is 0. The first kappa shape index (κ1) is 68.9. The SMILES string of the molecule is CC(C)(C)OC(=O)[C@@H](Cc1cccc(CN(Cc2cccc(C[C@H](C(=O)OC(C)(C)C)[C@H]3CCN(C(=O)OC(C)(C)C)C3)c2)Cc2ccc3oc(C[C@H](C(=O)OC(C)(C)C)[C@H]4CCN(C(=O)OC(C)(C)C)C4)cc3c2)c1)[C@H]1CCN(C(=O)OC(C)(C)C)C1. The average molecular weight is 1220 g/mol. The van der Waals surface area contributed by atoms with Gasteiger partial charge in [0.2, 0.25) is 0 Å². The molecule has 17 nitrogen and oxygen atoms in total. The van der Waals surface area contributed by atoms with Crippen molar-refractivity contribution < 1.29 is 61.6 Å². The highest BCUT2D eigenvalue weighted by Gasteiger charge is 2.43. The Labute approximate surface area is 523 Å². The van der Waals surface area contributed by atoms with Crippen LogP contribution in [0.25, 0.3) is 11.0 Å². The second kappa shape index (κ2) is 27.6. The number of likely N-dealkylation sites (tertiary alicyclic amines) is 3. The lowest BCUT2D eigenvalue weighted by Crippen LogP contribution is -2.38. The highest BCUT2D eigenvalue weighted by molar-refractivity contribution is 5.80. The van der Waals surface area contributed by atoms with Crippen molar-refractivity contribution in [1.29, 1.82) is 0 Å². The molecule has 0 saturated carbocycles. The van der Waals surface area contributed by atoms with Crippen LogP contribution in [0.1, 0.15) is 177 Å². The van der Waals surface area contributed by atoms with Crippen molar-refractivity contribution in [3.05, 3.63) is 106 Å². The summed E-state index contributed by atoms with van der Waals surface area (Å²) in [5.41, 5.74) is 1.65. The average Bonchev–Trinajstić information content (AvgIpc) is 4.03. The number of carbonyl (C=O) groups is 6. The lowest BCUT2D eigenvalue weighted by atomic mass is 9.85. The van der Waals surface area contributed by atoms with Crippen molar-refractivity contribution in [3.63, 3.8) is 0 Å². The second-order valence-electron chi connectivity index (χ2n) is 30.8. The van der Waals surface area contributed by atoms with Gasteiger partial charge >= 0.3 is 36.2 Å². The molecule has 7 rings (SSSR count). The van der Waals surface area contributed by atoms with Crippen LogP contribution in [0.15, 0.2) is 77.2 Å². The van der Waals surface area contributed by atoms with Crippen molar-refractivity contribution in [1.82, 2.24) is 19.6 Å². The molecule has 3 saturated heterocycles. The summed E-state index contributed by atoms with van der Waals surface area (Å²) in [5, 5.41) is 0.886. The fraction of sp³-hybridized carbons (Fsp3) is 0.634. The zero-order valence-electron chi connectivity index (χ0n) is 56.1. The highest BCUT2D eigenvalue weighted by atomic mass is 16.6. The fourth-order valence-corrected chi connectivity index (χ4v) is 12.0. The summed E-state index contributed by atoms with van der Waals surface area (Å²) in [6.45, 7) is 37.6. The van der Waals surface area contributed by atoms with E-state index >= 15 is 0 Å². The Kier molecular flexibility index (Phi) is 21.6. The molecule has 484 valence electrons. The van der Waals surface area contributed by atoms with Crippen LogP contribution in [0.4, 0.5) is 14.4 Å². The van der Waals surface area contributed by atoms with Gasteiger partial charge in [-0.15, -0.1) is 0 Å². The van der Waals surface area contributed by atoms with Gasteiger partial charge < -0.3 is 47.5 Å². The van der Waals surface area contributed by atoms with E-state index in [-0.39, 0.29) is 47.8 Å². The fourth-order valence-electron chi connectivity index (χ4n) is 12.0. The van der Waals surface area contributed by atoms with Gasteiger partial charge in [0.1, 0.15) is 44.9 Å². The third kappa shape index (κ3) is 21.3. The molecule has 3 aromatic carbocycles. The quantitative estimate of drug-likeness (QED) is 0.0677. The molecule has 6 atom stereocenters. The van der Waals surface area contributed by atoms with E-state index in [1.54, 1.807) is 14.7 Å². The molecule has 1 aromatic heterocycles. The molecule has 0 spiro atoms. The zero-order chi connectivity index (χ0) is 64.9. The van der Waals surface area contributed by atoms with Crippen LogP contribution in [0.5, 0.6) is 0 Å². The van der Waals surface area contributed by atoms with Crippen LogP contribution in [0, 0.1) is 35.5 Å². The summed E-state index contributed by atoms with van der Waals surface area (Å²) in [7, 11) is 0. The number of benzene rings is 3. The number of hydrogen-bond acceptors (Lipinski definition) is 14. The molecular formula is C71H102N4O13. The number of rotatable bonds is 18. The number of amides is 3. The van der Waals surface area contributed by atoms with Crippen LogP contribution in [0.2, 0.25) is 0 Å². The van der Waals surface area contributed by atoms with E-state index in [9.17, 15) is 28.8 Å². The molecule has 4 aromatic rings. The molecule has 88 heavy (non-hydrogen) atoms. The van der Waals surface area contributed by atoms with Gasteiger partial charge in [-0.2, -0.15) is 0 Å². The molecule has 0 bridgehead atoms. The Morgan fingerprint density at radius 3 is 1.08 bits per heavy atom. The Bertz CT molecular complexity index is 2960. The van der Waals surface area contributed by atoms with Gasteiger partial charge in [0.25, 0.3) is 0 Å². The van der Waals surface area contributed by atoms with Crippen molar-refractivity contribution in [2.24, 2.45) is 35.5 Å². The predicted molar refractivity (Wildman–Crippen MR) is 339 cm³/mol. The minimum absolute atomic E-state index is 0.138. The van der Waals surface area contributed by atoms with Gasteiger partial charge in [-0.25, -0.2) is 14.4 Å². The van der Waals surface area contributed by atoms with Gasteiger partial charge in [0.15, 0.2) is 0 Å². The van der Waals surface area contributed by atoms with Gasteiger partial charge in [0.05, 0.1) is 17.8 Å². The van der Waals surface area contributed by atoms with Gasteiger partial charge in [-0.05, 0) is 221 Å². The van der Waals surface area contributed by atoms with E-state index in [0.29, 0.717) is 109 Å². The standard InChI is InChI=1S/C71H102N4O13/c1-66(2,3)83-60(76)56(51-27-30-73(43-51)63(79)86-69(10,11)12)36-46-21-19-23-48(33-46)40-72(41-49-24-20-22-47(34-49)37-57(61(77)84-67(4,5)6)52-28-31-74(44-52)64(80)87-70(13,14)15)42-50-25-26-59-54(35-50)38-55(82-59)39-58(62(78)85-68(7,8)9)53-29-32-75(45-53)65(81)88-71(16,17)18/h19-26,33-35,38,51-53,56-58H,27-32,36-37,39-45H2,1-18H3/t51-,52-,53-,56-,57-,58-/m0/s1. The van der Waals surface area contributed by atoms with Crippen molar-refractivity contribution >= 4 is 47.2 Å². The summed E-state index contributed by atoms with van der Waals surface area (Å²) in [5.74, 6) is -2.30. The van der Waals surface area contributed by atoms with Crippen molar-refractivity contribution in [2.45, 2.75) is 216 Å². The third-order valence-electron chi connectivity index (χ3n) is 15.6. The van der Waals surface area contributed by atoms with Gasteiger partial charge in [-0.3, -0.25) is 19.3 Å². The van der Waals surface area contributed by atoms with Crippen LogP contribution < -0.4 is 0 Å².